The Kier molecular flexibility index (Phi) is 20.5. The molecule has 0 aromatic heterocycles. The summed E-state index contributed by atoms with van der Waals surface area (Å²) in [5.41, 5.74) is -4.85. The number of ether oxygens (including phenoxy) is 5. The third-order valence-corrected chi connectivity index (χ3v) is 16.9. The van der Waals surface area contributed by atoms with Crippen LogP contribution in [0.4, 0.5) is 0 Å². The lowest BCUT2D eigenvalue weighted by molar-refractivity contribution is -0.406. The Morgan fingerprint density at radius 3 is 1.78 bits per heavy atom. The standard InChI is InChI=1S/C58H94O9/c1-7-9-11-13-15-17-19-20-21-22-23-24-25-26-27-28-29-31-33-35-37-39-48(59)63-43-55-52(64-55)49-51-54(44(3)4)42-46(6)58(49,47-41-45(5)50(60)57(47,62)53(55)61)67-56(65-51,66-54)40-38-36-34-32-30-18-16-14-12-10-8-2/h34,36,38,40-41,46-47,49,51-53,61-62H,3,7-33,35,37,39,42-43H2,1-2,4-6H3/b36-34+,40-38+/t46-,47-,49-,51-,52+,53-,54-,55+,56-,57-,58+/m1/s1. The molecule has 0 aromatic rings. The van der Waals surface area contributed by atoms with Gasteiger partial charge in [-0.2, -0.15) is 0 Å². The van der Waals surface area contributed by atoms with Gasteiger partial charge < -0.3 is 33.9 Å². The fourth-order valence-corrected chi connectivity index (χ4v) is 12.9. The Hall–Kier alpha value is -2.14. The molecule has 3 aliphatic carbocycles. The molecule has 11 atom stereocenters. The summed E-state index contributed by atoms with van der Waals surface area (Å²) < 4.78 is 33.4. The third-order valence-electron chi connectivity index (χ3n) is 16.9. The van der Waals surface area contributed by atoms with Crippen LogP contribution in [0.15, 0.2) is 48.1 Å². The summed E-state index contributed by atoms with van der Waals surface area (Å²) in [5.74, 6) is -4.34. The van der Waals surface area contributed by atoms with Gasteiger partial charge in [-0.25, -0.2) is 0 Å². The van der Waals surface area contributed by atoms with E-state index in [1.165, 1.54) is 154 Å². The SMILES string of the molecule is C=C(C)[C@]12C[C@@H](C)[C@@]34O[C@](/C=C/C=C/CCCCCCCCC)(O[C@@H]1[C@@H]3[C@@H]1O[C@]1(COC(=O)CCCCCCCCCCCCCCCCCCCCCCC)[C@@H](O)[C@]1(O)C(=O)C(C)=C[C@H]14)O2. The van der Waals surface area contributed by atoms with Crippen LogP contribution < -0.4 is 0 Å². The van der Waals surface area contributed by atoms with Crippen molar-refractivity contribution in [2.45, 2.75) is 280 Å². The number of carbonyl (C=O) groups is 2. The van der Waals surface area contributed by atoms with Crippen molar-refractivity contribution in [1.82, 2.24) is 0 Å². The summed E-state index contributed by atoms with van der Waals surface area (Å²) >= 11 is 0. The van der Waals surface area contributed by atoms with Gasteiger partial charge in [-0.3, -0.25) is 9.59 Å². The van der Waals surface area contributed by atoms with Gasteiger partial charge in [-0.1, -0.05) is 219 Å². The maximum absolute atomic E-state index is 14.1. The molecule has 6 rings (SSSR count). The van der Waals surface area contributed by atoms with Gasteiger partial charge in [0, 0.05) is 24.3 Å². The summed E-state index contributed by atoms with van der Waals surface area (Å²) in [5, 5.41) is 25.1. The molecule has 380 valence electrons. The Labute approximate surface area is 406 Å². The van der Waals surface area contributed by atoms with Crippen LogP contribution in [0.1, 0.15) is 234 Å². The fourth-order valence-electron chi connectivity index (χ4n) is 12.9. The highest BCUT2D eigenvalue weighted by Gasteiger charge is 2.88. The zero-order valence-corrected chi connectivity index (χ0v) is 42.9. The molecule has 2 N–H and O–H groups in total. The number of fused-ring (bicyclic) bond motifs is 3. The van der Waals surface area contributed by atoms with Crippen LogP contribution in [0.25, 0.3) is 0 Å². The molecular weight excluding hydrogens is 841 g/mol. The average Bonchev–Trinajstić information content (AvgIpc) is 3.94. The predicted octanol–water partition coefficient (Wildman–Crippen LogP) is 13.6. The number of epoxide rings is 1. The molecule has 67 heavy (non-hydrogen) atoms. The van der Waals surface area contributed by atoms with E-state index in [2.05, 4.69) is 33.4 Å². The quantitative estimate of drug-likeness (QED) is 0.0210. The minimum atomic E-state index is -2.28. The maximum Gasteiger partial charge on any atom is 0.306 e. The molecule has 3 heterocycles. The highest BCUT2D eigenvalue weighted by Crippen LogP contribution is 2.72. The number of rotatable bonds is 35. The lowest BCUT2D eigenvalue weighted by Gasteiger charge is -2.59. The van der Waals surface area contributed by atoms with E-state index in [4.69, 9.17) is 23.7 Å². The second-order valence-electron chi connectivity index (χ2n) is 22.1. The van der Waals surface area contributed by atoms with E-state index in [1.54, 1.807) is 19.1 Å². The number of esters is 1. The van der Waals surface area contributed by atoms with Gasteiger partial charge in [0.15, 0.2) is 17.0 Å². The van der Waals surface area contributed by atoms with Gasteiger partial charge in [0.2, 0.25) is 0 Å². The monoisotopic (exact) mass is 935 g/mol. The van der Waals surface area contributed by atoms with E-state index < -0.39 is 64.3 Å². The van der Waals surface area contributed by atoms with Crippen molar-refractivity contribution in [1.29, 1.82) is 0 Å². The smallest absolute Gasteiger partial charge is 0.306 e. The number of carbonyl (C=O) groups excluding carboxylic acids is 2. The summed E-state index contributed by atoms with van der Waals surface area (Å²) in [7, 11) is 0. The molecule has 3 aliphatic heterocycles. The van der Waals surface area contributed by atoms with Gasteiger partial charge in [-0.15, -0.1) is 0 Å². The van der Waals surface area contributed by atoms with Gasteiger partial charge in [0.25, 0.3) is 0 Å². The second kappa shape index (κ2) is 25.3. The number of aliphatic hydroxyl groups is 2. The Morgan fingerprint density at radius 1 is 0.746 bits per heavy atom. The van der Waals surface area contributed by atoms with E-state index in [0.717, 1.165) is 37.7 Å². The minimum absolute atomic E-state index is 0.260. The molecule has 0 unspecified atom stereocenters. The Balaban J connectivity index is 0.962. The zero-order chi connectivity index (χ0) is 48.0. The molecular formula is C58H94O9. The highest BCUT2D eigenvalue weighted by atomic mass is 16.9. The van der Waals surface area contributed by atoms with Crippen molar-refractivity contribution in [2.75, 3.05) is 6.61 Å². The molecule has 6 aliphatic rings. The largest absolute Gasteiger partial charge is 0.462 e. The number of aliphatic hydroxyl groups excluding tert-OH is 1. The average molecular weight is 935 g/mol. The van der Waals surface area contributed by atoms with Crippen LogP contribution in [0.5, 0.6) is 0 Å². The first-order valence-electron chi connectivity index (χ1n) is 27.9. The van der Waals surface area contributed by atoms with Crippen LogP contribution in [0.2, 0.25) is 0 Å². The topological polar surface area (TPSA) is 124 Å². The highest BCUT2D eigenvalue weighted by molar-refractivity contribution is 6.05. The number of hydrogen-bond donors (Lipinski definition) is 2. The number of allylic oxidation sites excluding steroid dienone is 3. The lowest BCUT2D eigenvalue weighted by atomic mass is 9.54. The normalized spacial score (nSPS) is 34.7. The van der Waals surface area contributed by atoms with Crippen molar-refractivity contribution < 1.29 is 43.5 Å². The van der Waals surface area contributed by atoms with Crippen molar-refractivity contribution in [3.63, 3.8) is 0 Å². The number of hydrogen-bond acceptors (Lipinski definition) is 9. The first-order valence-corrected chi connectivity index (χ1v) is 27.9. The van der Waals surface area contributed by atoms with Crippen molar-refractivity contribution in [3.8, 4) is 0 Å². The molecule has 3 saturated heterocycles. The summed E-state index contributed by atoms with van der Waals surface area (Å²) in [6, 6.07) is 0. The van der Waals surface area contributed by atoms with E-state index in [1.807, 2.05) is 19.1 Å². The molecule has 9 nitrogen and oxygen atoms in total. The zero-order valence-electron chi connectivity index (χ0n) is 42.9. The Morgan fingerprint density at radius 2 is 1.25 bits per heavy atom. The third kappa shape index (κ3) is 12.1. The molecule has 5 fully saturated rings. The van der Waals surface area contributed by atoms with Crippen LogP contribution in [-0.4, -0.2) is 75.3 Å². The van der Waals surface area contributed by atoms with E-state index in [-0.39, 0.29) is 24.9 Å². The van der Waals surface area contributed by atoms with Crippen LogP contribution in [0, 0.1) is 17.8 Å². The molecule has 0 spiro atoms. The number of ketones is 1. The fraction of sp³-hybridized carbons (Fsp3) is 0.828. The van der Waals surface area contributed by atoms with Crippen molar-refractivity contribution in [2.24, 2.45) is 17.8 Å². The van der Waals surface area contributed by atoms with Gasteiger partial charge >= 0.3 is 11.9 Å². The molecule has 3 bridgehead atoms. The molecule has 2 saturated carbocycles. The second-order valence-corrected chi connectivity index (χ2v) is 22.1. The van der Waals surface area contributed by atoms with Gasteiger partial charge in [0.1, 0.15) is 30.5 Å². The predicted molar refractivity (Wildman–Crippen MR) is 267 cm³/mol. The lowest BCUT2D eigenvalue weighted by Crippen LogP contribution is -2.72. The summed E-state index contributed by atoms with van der Waals surface area (Å²) in [4.78, 5) is 27.4. The molecule has 0 radical (unpaired) electrons. The van der Waals surface area contributed by atoms with Gasteiger partial charge in [-0.05, 0) is 56.6 Å². The summed E-state index contributed by atoms with van der Waals surface area (Å²) in [6.07, 6.45) is 44.4. The molecule has 0 amide bonds. The van der Waals surface area contributed by atoms with Gasteiger partial charge in [0.05, 0.1) is 5.60 Å². The first kappa shape index (κ1) is 54.2. The van der Waals surface area contributed by atoms with Crippen LogP contribution in [-0.2, 0) is 33.3 Å². The minimum Gasteiger partial charge on any atom is -0.462 e. The number of Topliss-reactive ketones (excluding diaryl/α,β-unsaturated/α-hetero) is 1. The van der Waals surface area contributed by atoms with E-state index in [0.29, 0.717) is 12.0 Å². The molecule has 0 aromatic carbocycles. The van der Waals surface area contributed by atoms with Crippen LogP contribution in [0.3, 0.4) is 0 Å². The molecule has 9 heteroatoms. The van der Waals surface area contributed by atoms with E-state index >= 15 is 0 Å². The Bertz CT molecular complexity index is 1690. The van der Waals surface area contributed by atoms with Crippen molar-refractivity contribution in [3.05, 3.63) is 48.1 Å². The maximum atomic E-state index is 14.1. The summed E-state index contributed by atoms with van der Waals surface area (Å²) in [6.45, 7) is 14.3. The number of unbranched alkanes of at least 4 members (excludes halogenated alkanes) is 27. The first-order chi connectivity index (χ1) is 32.4. The van der Waals surface area contributed by atoms with E-state index in [9.17, 15) is 19.8 Å². The van der Waals surface area contributed by atoms with Crippen LogP contribution >= 0.6 is 0 Å². The van der Waals surface area contributed by atoms with Crippen molar-refractivity contribution >= 4 is 11.8 Å².